The summed E-state index contributed by atoms with van der Waals surface area (Å²) in [6.07, 6.45) is 3.09. The highest BCUT2D eigenvalue weighted by molar-refractivity contribution is 6.30. The Morgan fingerprint density at radius 3 is 2.62 bits per heavy atom. The monoisotopic (exact) mass is 349 g/mol. The van der Waals surface area contributed by atoms with Gasteiger partial charge in [-0.15, -0.1) is 0 Å². The number of imide groups is 1. The molecule has 2 N–H and O–H groups in total. The first-order valence-corrected chi connectivity index (χ1v) is 8.45. The molecular weight excluding hydrogens is 330 g/mol. The molecule has 24 heavy (non-hydrogen) atoms. The second-order valence-corrected chi connectivity index (χ2v) is 6.96. The lowest BCUT2D eigenvalue weighted by molar-refractivity contribution is -0.136. The largest absolute Gasteiger partial charge is 0.325 e. The normalized spacial score (nSPS) is 20.4. The van der Waals surface area contributed by atoms with Gasteiger partial charge in [0.2, 0.25) is 5.91 Å². The number of urea groups is 1. The van der Waals surface area contributed by atoms with Crippen LogP contribution in [0, 0.1) is 6.92 Å². The van der Waals surface area contributed by atoms with E-state index in [1.54, 1.807) is 25.1 Å². The fourth-order valence-electron chi connectivity index (χ4n) is 3.43. The maximum absolute atomic E-state index is 12.7. The molecule has 0 radical (unpaired) electrons. The van der Waals surface area contributed by atoms with E-state index in [1.807, 2.05) is 6.92 Å². The molecule has 1 atom stereocenters. The van der Waals surface area contributed by atoms with Crippen molar-refractivity contribution in [3.8, 4) is 0 Å². The van der Waals surface area contributed by atoms with Crippen LogP contribution in [-0.2, 0) is 9.59 Å². The summed E-state index contributed by atoms with van der Waals surface area (Å²) in [5.74, 6) is -0.695. The number of amides is 4. The molecule has 1 spiro atoms. The fourth-order valence-corrected chi connectivity index (χ4v) is 3.66. The summed E-state index contributed by atoms with van der Waals surface area (Å²) < 4.78 is 0. The number of rotatable bonds is 3. The predicted octanol–water partition coefficient (Wildman–Crippen LogP) is 2.84. The maximum Gasteiger partial charge on any atom is 0.325 e. The maximum atomic E-state index is 12.7. The zero-order valence-electron chi connectivity index (χ0n) is 13.7. The Bertz CT molecular complexity index is 713. The van der Waals surface area contributed by atoms with Crippen molar-refractivity contribution < 1.29 is 14.4 Å². The molecule has 2 aliphatic rings. The Labute approximate surface area is 145 Å². The number of halogens is 1. The molecule has 1 unspecified atom stereocenters. The standard InChI is InChI=1S/C17H20ClN3O3/c1-10-9-12(18)5-6-13(10)19-14(22)11(2)21-15(23)17(20-16(21)24)7-3-4-8-17/h5-6,9,11H,3-4,7-8H2,1-2H3,(H,19,22)(H,20,24). The average molecular weight is 350 g/mol. The van der Waals surface area contributed by atoms with E-state index in [1.165, 1.54) is 0 Å². The van der Waals surface area contributed by atoms with E-state index in [0.29, 0.717) is 23.6 Å². The van der Waals surface area contributed by atoms with Crippen molar-refractivity contribution in [3.63, 3.8) is 0 Å². The number of aryl methyl sites for hydroxylation is 1. The Hall–Kier alpha value is -2.08. The lowest BCUT2D eigenvalue weighted by Crippen LogP contribution is -2.48. The number of hydrogen-bond acceptors (Lipinski definition) is 3. The Kier molecular flexibility index (Phi) is 4.25. The molecule has 1 aliphatic carbocycles. The summed E-state index contributed by atoms with van der Waals surface area (Å²) in [4.78, 5) is 38.5. The molecule has 1 heterocycles. The van der Waals surface area contributed by atoms with E-state index in [4.69, 9.17) is 11.6 Å². The smallest absolute Gasteiger partial charge is 0.324 e. The first-order valence-electron chi connectivity index (χ1n) is 8.07. The van der Waals surface area contributed by atoms with E-state index < -0.39 is 23.5 Å². The van der Waals surface area contributed by atoms with Gasteiger partial charge in [-0.1, -0.05) is 24.4 Å². The van der Waals surface area contributed by atoms with Crippen molar-refractivity contribution in [2.24, 2.45) is 0 Å². The van der Waals surface area contributed by atoms with Crippen molar-refractivity contribution in [1.82, 2.24) is 10.2 Å². The van der Waals surface area contributed by atoms with Crippen molar-refractivity contribution in [2.45, 2.75) is 51.1 Å². The van der Waals surface area contributed by atoms with Gasteiger partial charge in [0.25, 0.3) is 5.91 Å². The lowest BCUT2D eigenvalue weighted by Gasteiger charge is -2.23. The van der Waals surface area contributed by atoms with Gasteiger partial charge in [-0.2, -0.15) is 0 Å². The van der Waals surface area contributed by atoms with Crippen LogP contribution >= 0.6 is 11.6 Å². The van der Waals surface area contributed by atoms with Gasteiger partial charge >= 0.3 is 6.03 Å². The van der Waals surface area contributed by atoms with E-state index in [0.717, 1.165) is 23.3 Å². The van der Waals surface area contributed by atoms with Crippen molar-refractivity contribution in [3.05, 3.63) is 28.8 Å². The highest BCUT2D eigenvalue weighted by atomic mass is 35.5. The Morgan fingerprint density at radius 2 is 2.00 bits per heavy atom. The lowest BCUT2D eigenvalue weighted by atomic mass is 9.97. The summed E-state index contributed by atoms with van der Waals surface area (Å²) in [6.45, 7) is 3.39. The molecule has 0 bridgehead atoms. The quantitative estimate of drug-likeness (QED) is 0.823. The van der Waals surface area contributed by atoms with E-state index in [9.17, 15) is 14.4 Å². The number of carbonyl (C=O) groups excluding carboxylic acids is 3. The predicted molar refractivity (Wildman–Crippen MR) is 90.9 cm³/mol. The van der Waals surface area contributed by atoms with E-state index in [2.05, 4.69) is 10.6 Å². The van der Waals surface area contributed by atoms with E-state index >= 15 is 0 Å². The molecule has 3 rings (SSSR count). The number of hydrogen-bond donors (Lipinski definition) is 2. The minimum absolute atomic E-state index is 0.291. The fraction of sp³-hybridized carbons (Fsp3) is 0.471. The summed E-state index contributed by atoms with van der Waals surface area (Å²) in [7, 11) is 0. The molecule has 128 valence electrons. The third-order valence-electron chi connectivity index (χ3n) is 4.86. The Morgan fingerprint density at radius 1 is 1.33 bits per heavy atom. The van der Waals surface area contributed by atoms with Crippen LogP contribution in [0.25, 0.3) is 0 Å². The molecule has 4 amide bonds. The van der Waals surface area contributed by atoms with Crippen molar-refractivity contribution in [2.75, 3.05) is 5.32 Å². The molecule has 6 nitrogen and oxygen atoms in total. The second kappa shape index (κ2) is 6.09. The zero-order valence-corrected chi connectivity index (χ0v) is 14.4. The highest BCUT2D eigenvalue weighted by Crippen LogP contribution is 2.35. The van der Waals surface area contributed by atoms with Gasteiger partial charge in [0, 0.05) is 10.7 Å². The van der Waals surface area contributed by atoms with Gasteiger partial charge in [-0.3, -0.25) is 9.59 Å². The molecule has 7 heteroatoms. The van der Waals surface area contributed by atoms with Crippen LogP contribution in [0.2, 0.25) is 5.02 Å². The third-order valence-corrected chi connectivity index (χ3v) is 5.10. The number of anilines is 1. The van der Waals surface area contributed by atoms with Gasteiger partial charge in [-0.25, -0.2) is 9.69 Å². The molecule has 1 saturated heterocycles. The molecule has 1 saturated carbocycles. The summed E-state index contributed by atoms with van der Waals surface area (Å²) in [6, 6.07) is 3.75. The third kappa shape index (κ3) is 2.75. The van der Waals surface area contributed by atoms with Crippen LogP contribution in [0.3, 0.4) is 0 Å². The van der Waals surface area contributed by atoms with Gasteiger partial charge in [0.05, 0.1) is 0 Å². The number of nitrogens with one attached hydrogen (secondary N) is 2. The average Bonchev–Trinajstić information content (AvgIpc) is 3.08. The second-order valence-electron chi connectivity index (χ2n) is 6.52. The van der Waals surface area contributed by atoms with Crippen LogP contribution in [0.5, 0.6) is 0 Å². The topological polar surface area (TPSA) is 78.5 Å². The van der Waals surface area contributed by atoms with Crippen LogP contribution < -0.4 is 10.6 Å². The van der Waals surface area contributed by atoms with Crippen LogP contribution in [0.4, 0.5) is 10.5 Å². The minimum Gasteiger partial charge on any atom is -0.324 e. The van der Waals surface area contributed by atoms with Crippen LogP contribution in [-0.4, -0.2) is 34.3 Å². The number of carbonyl (C=O) groups is 3. The van der Waals surface area contributed by atoms with Gasteiger partial charge in [0.1, 0.15) is 11.6 Å². The molecule has 1 aliphatic heterocycles. The number of nitrogens with zero attached hydrogens (tertiary/aromatic N) is 1. The molecule has 2 fully saturated rings. The first-order chi connectivity index (χ1) is 11.3. The van der Waals surface area contributed by atoms with Crippen LogP contribution in [0.1, 0.15) is 38.2 Å². The highest BCUT2D eigenvalue weighted by Gasteiger charge is 2.54. The van der Waals surface area contributed by atoms with Crippen molar-refractivity contribution >= 4 is 35.1 Å². The summed E-state index contributed by atoms with van der Waals surface area (Å²) >= 11 is 5.91. The molecular formula is C17H20ClN3O3. The minimum atomic E-state index is -0.882. The number of benzene rings is 1. The summed E-state index contributed by atoms with van der Waals surface area (Å²) in [5, 5.41) is 6.13. The van der Waals surface area contributed by atoms with Gasteiger partial charge in [0.15, 0.2) is 0 Å². The van der Waals surface area contributed by atoms with E-state index in [-0.39, 0.29) is 5.91 Å². The molecule has 1 aromatic carbocycles. The van der Waals surface area contributed by atoms with Gasteiger partial charge in [-0.05, 0) is 50.5 Å². The first kappa shape index (κ1) is 16.8. The van der Waals surface area contributed by atoms with Gasteiger partial charge < -0.3 is 10.6 Å². The molecule has 0 aromatic heterocycles. The van der Waals surface area contributed by atoms with Crippen LogP contribution in [0.15, 0.2) is 18.2 Å². The summed E-state index contributed by atoms with van der Waals surface area (Å²) in [5.41, 5.74) is 0.619. The molecule has 1 aromatic rings. The zero-order chi connectivity index (χ0) is 17.5. The Balaban J connectivity index is 1.76. The van der Waals surface area contributed by atoms with Crippen molar-refractivity contribution in [1.29, 1.82) is 0 Å². The SMILES string of the molecule is Cc1cc(Cl)ccc1NC(=O)C(C)N1C(=O)NC2(CCCC2)C1=O.